The number of thioether (sulfide) groups is 1. The molecule has 3 amide bonds. The summed E-state index contributed by atoms with van der Waals surface area (Å²) >= 11 is 6.77. The van der Waals surface area contributed by atoms with Crippen LogP contribution in [0.15, 0.2) is 63.9 Å². The third-order valence-corrected chi connectivity index (χ3v) is 6.90. The number of carbonyl (C=O) groups excluding carboxylic acids is 5. The number of carbonyl (C=O) groups is 5. The van der Waals surface area contributed by atoms with E-state index in [1.165, 1.54) is 24.3 Å². The lowest BCUT2D eigenvalue weighted by Crippen LogP contribution is -2.36. The summed E-state index contributed by atoms with van der Waals surface area (Å²) in [5.41, 5.74) is 1.45. The van der Waals surface area contributed by atoms with E-state index in [4.69, 9.17) is 25.5 Å². The zero-order valence-corrected chi connectivity index (χ0v) is 23.7. The molecule has 0 atom stereocenters. The number of nitrogens with one attached hydrogen (secondary N) is 1. The van der Waals surface area contributed by atoms with Gasteiger partial charge in [-0.05, 0) is 67.6 Å². The van der Waals surface area contributed by atoms with Crippen molar-refractivity contribution in [2.75, 3.05) is 25.1 Å². The third-order valence-electron chi connectivity index (χ3n) is 5.66. The Morgan fingerprint density at radius 1 is 1.00 bits per heavy atom. The van der Waals surface area contributed by atoms with Crippen molar-refractivity contribution in [3.63, 3.8) is 0 Å². The molecule has 0 radical (unpaired) electrons. The van der Waals surface area contributed by atoms with Crippen LogP contribution in [0, 0.1) is 0 Å². The number of hydrogen-bond donors (Lipinski definition) is 1. The summed E-state index contributed by atoms with van der Waals surface area (Å²) in [6, 6.07) is 14.3. The van der Waals surface area contributed by atoms with Gasteiger partial charge in [-0.1, -0.05) is 30.7 Å². The molecule has 1 aliphatic rings. The van der Waals surface area contributed by atoms with Crippen LogP contribution in [0.2, 0.25) is 5.02 Å². The fraction of sp³-hybridized carbons (Fsp3) is 0.207. The van der Waals surface area contributed by atoms with E-state index in [1.54, 1.807) is 43.3 Å². The van der Waals surface area contributed by atoms with E-state index >= 15 is 0 Å². The first-order chi connectivity index (χ1) is 19.7. The summed E-state index contributed by atoms with van der Waals surface area (Å²) in [4.78, 5) is 63.0. The second kappa shape index (κ2) is 13.3. The highest BCUT2D eigenvalue weighted by Crippen LogP contribution is 2.33. The van der Waals surface area contributed by atoms with Crippen molar-refractivity contribution >= 4 is 64.1 Å². The number of furan rings is 1. The largest absolute Gasteiger partial charge is 0.462 e. The van der Waals surface area contributed by atoms with Crippen LogP contribution in [0.3, 0.4) is 0 Å². The van der Waals surface area contributed by atoms with Crippen molar-refractivity contribution in [1.29, 1.82) is 0 Å². The van der Waals surface area contributed by atoms with Crippen LogP contribution in [0.1, 0.15) is 46.7 Å². The fourth-order valence-electron chi connectivity index (χ4n) is 3.71. The zero-order chi connectivity index (χ0) is 29.5. The molecule has 4 rings (SSSR count). The van der Waals surface area contributed by atoms with Crippen molar-refractivity contribution in [2.24, 2.45) is 0 Å². The number of imide groups is 1. The Balaban J connectivity index is 1.40. The summed E-state index contributed by atoms with van der Waals surface area (Å²) < 4.78 is 15.9. The number of hydrogen-bond acceptors (Lipinski definition) is 9. The van der Waals surface area contributed by atoms with Crippen molar-refractivity contribution in [1.82, 2.24) is 4.90 Å². The quantitative estimate of drug-likeness (QED) is 0.220. The fourth-order valence-corrected chi connectivity index (χ4v) is 4.73. The first-order valence-corrected chi connectivity index (χ1v) is 13.8. The van der Waals surface area contributed by atoms with E-state index < -0.39 is 35.5 Å². The summed E-state index contributed by atoms with van der Waals surface area (Å²) in [5, 5.41) is 2.11. The Labute approximate surface area is 244 Å². The van der Waals surface area contributed by atoms with Gasteiger partial charge in [-0.15, -0.1) is 0 Å². The minimum Gasteiger partial charge on any atom is -0.462 e. The van der Waals surface area contributed by atoms with Gasteiger partial charge in [0.2, 0.25) is 5.91 Å². The number of benzene rings is 2. The minimum atomic E-state index is -0.646. The maximum Gasteiger partial charge on any atom is 0.339 e. The Kier molecular flexibility index (Phi) is 9.64. The van der Waals surface area contributed by atoms with E-state index in [0.717, 1.165) is 4.90 Å². The van der Waals surface area contributed by atoms with Crippen LogP contribution < -0.4 is 5.32 Å². The SMILES string of the molecule is CCCOC(=O)c1cc(NC(=O)CN2C(=O)S/C(=C/c3ccc(-c4ccc(C(=O)OCC)cc4)o3)C2=O)ccc1Cl. The van der Waals surface area contributed by atoms with Crippen molar-refractivity contribution in [3.8, 4) is 11.3 Å². The molecule has 1 N–H and O–H groups in total. The average Bonchev–Trinajstić information content (AvgIpc) is 3.53. The summed E-state index contributed by atoms with van der Waals surface area (Å²) in [5.74, 6) is -1.52. The first-order valence-electron chi connectivity index (χ1n) is 12.6. The Hall–Kier alpha value is -4.35. The molecular weight excluding hydrogens is 572 g/mol. The van der Waals surface area contributed by atoms with Gasteiger partial charge in [0.1, 0.15) is 18.1 Å². The summed E-state index contributed by atoms with van der Waals surface area (Å²) in [7, 11) is 0. The number of anilines is 1. The van der Waals surface area contributed by atoms with Crippen molar-refractivity contribution < 1.29 is 37.9 Å². The second-order valence-corrected chi connectivity index (χ2v) is 10.0. The smallest absolute Gasteiger partial charge is 0.339 e. The van der Waals surface area contributed by atoms with Gasteiger partial charge in [-0.2, -0.15) is 0 Å². The summed E-state index contributed by atoms with van der Waals surface area (Å²) in [6.07, 6.45) is 2.06. The molecular formula is C29H25ClN2O8S. The van der Waals surface area contributed by atoms with Crippen LogP contribution in [0.4, 0.5) is 10.5 Å². The standard InChI is InChI=1S/C29H25ClN2O8S/c1-3-13-39-28(36)21-14-19(9-11-22(21)30)31-25(33)16-32-26(34)24(41-29(32)37)15-20-10-12-23(40-20)17-5-7-18(8-6-17)27(35)38-4-2/h5-12,14-15H,3-4,13,16H2,1-2H3,(H,31,33)/b24-15+. The van der Waals surface area contributed by atoms with E-state index in [9.17, 15) is 24.0 Å². The van der Waals surface area contributed by atoms with E-state index in [1.807, 2.05) is 6.92 Å². The monoisotopic (exact) mass is 596 g/mol. The number of rotatable bonds is 10. The highest BCUT2D eigenvalue weighted by molar-refractivity contribution is 8.18. The molecule has 0 bridgehead atoms. The number of amides is 3. The predicted octanol–water partition coefficient (Wildman–Crippen LogP) is 6.02. The third kappa shape index (κ3) is 7.24. The maximum absolute atomic E-state index is 12.9. The lowest BCUT2D eigenvalue weighted by Gasteiger charge is -2.13. The van der Waals surface area contributed by atoms with Crippen LogP contribution in [-0.4, -0.2) is 53.7 Å². The van der Waals surface area contributed by atoms with Crippen molar-refractivity contribution in [2.45, 2.75) is 20.3 Å². The highest BCUT2D eigenvalue weighted by atomic mass is 35.5. The lowest BCUT2D eigenvalue weighted by molar-refractivity contribution is -0.127. The van der Waals surface area contributed by atoms with Gasteiger partial charge in [0.05, 0.1) is 34.3 Å². The number of esters is 2. The van der Waals surface area contributed by atoms with Crippen LogP contribution in [0.25, 0.3) is 17.4 Å². The van der Waals surface area contributed by atoms with Gasteiger partial charge in [0.15, 0.2) is 0 Å². The van der Waals surface area contributed by atoms with Gasteiger partial charge < -0.3 is 19.2 Å². The molecule has 0 spiro atoms. The molecule has 2 aromatic carbocycles. The topological polar surface area (TPSA) is 132 Å². The van der Waals surface area contributed by atoms with Gasteiger partial charge >= 0.3 is 11.9 Å². The highest BCUT2D eigenvalue weighted by Gasteiger charge is 2.36. The average molecular weight is 597 g/mol. The van der Waals surface area contributed by atoms with Gasteiger partial charge in [0, 0.05) is 17.3 Å². The van der Waals surface area contributed by atoms with Crippen LogP contribution >= 0.6 is 23.4 Å². The zero-order valence-electron chi connectivity index (χ0n) is 22.1. The maximum atomic E-state index is 12.9. The molecule has 41 heavy (non-hydrogen) atoms. The minimum absolute atomic E-state index is 0.0831. The molecule has 2 heterocycles. The Morgan fingerprint density at radius 3 is 2.46 bits per heavy atom. The molecule has 10 nitrogen and oxygen atoms in total. The molecule has 1 fully saturated rings. The molecule has 3 aromatic rings. The normalized spacial score (nSPS) is 13.9. The molecule has 1 aliphatic heterocycles. The van der Waals surface area contributed by atoms with Gasteiger partial charge in [-0.3, -0.25) is 19.3 Å². The van der Waals surface area contributed by atoms with E-state index in [2.05, 4.69) is 5.32 Å². The van der Waals surface area contributed by atoms with Crippen molar-refractivity contribution in [3.05, 3.63) is 81.4 Å². The van der Waals surface area contributed by atoms with Gasteiger partial charge in [-0.25, -0.2) is 9.59 Å². The number of halogens is 1. The van der Waals surface area contributed by atoms with Crippen LogP contribution in [-0.2, 0) is 19.1 Å². The van der Waals surface area contributed by atoms with Gasteiger partial charge in [0.25, 0.3) is 11.1 Å². The van der Waals surface area contributed by atoms with E-state index in [-0.39, 0.29) is 34.4 Å². The number of ether oxygens (including phenoxy) is 2. The molecule has 0 saturated carbocycles. The lowest BCUT2D eigenvalue weighted by atomic mass is 10.1. The first kappa shape index (κ1) is 29.6. The molecule has 1 aromatic heterocycles. The number of nitrogens with zero attached hydrogens (tertiary/aromatic N) is 1. The Bertz CT molecular complexity index is 1530. The molecule has 1 saturated heterocycles. The predicted molar refractivity (Wildman–Crippen MR) is 153 cm³/mol. The molecule has 0 aliphatic carbocycles. The van der Waals surface area contributed by atoms with E-state index in [0.29, 0.717) is 40.8 Å². The summed E-state index contributed by atoms with van der Waals surface area (Å²) in [6.45, 7) is 3.55. The Morgan fingerprint density at radius 2 is 1.76 bits per heavy atom. The molecule has 12 heteroatoms. The molecule has 0 unspecified atom stereocenters. The second-order valence-electron chi connectivity index (χ2n) is 8.65. The van der Waals surface area contributed by atoms with Crippen LogP contribution in [0.5, 0.6) is 0 Å². The molecule has 212 valence electrons.